The van der Waals surface area contributed by atoms with Crippen LogP contribution in [0, 0.1) is 0 Å². The molecule has 0 aliphatic rings. The Balaban J connectivity index is 1.75. The molecule has 0 amide bonds. The van der Waals surface area contributed by atoms with Gasteiger partial charge in [0.2, 0.25) is 11.9 Å². The summed E-state index contributed by atoms with van der Waals surface area (Å²) in [6.45, 7) is 1.24. The van der Waals surface area contributed by atoms with Gasteiger partial charge >= 0.3 is 0 Å². The van der Waals surface area contributed by atoms with E-state index >= 15 is 0 Å². The van der Waals surface area contributed by atoms with E-state index in [-0.39, 0.29) is 5.95 Å². The second kappa shape index (κ2) is 5.20. The first-order chi connectivity index (χ1) is 8.25. The smallest absolute Gasteiger partial charge is 0.241 e. The van der Waals surface area contributed by atoms with Crippen molar-refractivity contribution in [2.24, 2.45) is 0 Å². The van der Waals surface area contributed by atoms with E-state index in [1.54, 1.807) is 4.68 Å². The van der Waals surface area contributed by atoms with Gasteiger partial charge in [-0.3, -0.25) is 0 Å². The summed E-state index contributed by atoms with van der Waals surface area (Å²) in [6.07, 6.45) is 0.794. The molecule has 6 nitrogen and oxygen atoms in total. The summed E-state index contributed by atoms with van der Waals surface area (Å²) in [5, 5.41) is 3.96. The first kappa shape index (κ1) is 11.3. The van der Waals surface area contributed by atoms with Crippen molar-refractivity contribution in [3.63, 3.8) is 0 Å². The van der Waals surface area contributed by atoms with Gasteiger partial charge in [-0.25, -0.2) is 4.68 Å². The van der Waals surface area contributed by atoms with Crippen molar-refractivity contribution in [2.75, 3.05) is 18.1 Å². The van der Waals surface area contributed by atoms with Gasteiger partial charge in [-0.15, -0.1) is 5.10 Å². The van der Waals surface area contributed by atoms with Crippen LogP contribution in [0.5, 0.6) is 5.75 Å². The molecule has 0 bridgehead atoms. The van der Waals surface area contributed by atoms with E-state index in [1.165, 1.54) is 0 Å². The van der Waals surface area contributed by atoms with Crippen molar-refractivity contribution in [3.8, 4) is 5.75 Å². The summed E-state index contributed by atoms with van der Waals surface area (Å²) in [6, 6.07) is 9.66. The molecule has 0 radical (unpaired) electrons. The summed E-state index contributed by atoms with van der Waals surface area (Å²) in [5.41, 5.74) is 11.0. The van der Waals surface area contributed by atoms with Crippen molar-refractivity contribution in [3.05, 3.63) is 30.3 Å². The fourth-order valence-electron chi connectivity index (χ4n) is 1.46. The number of nitrogens with zero attached hydrogens (tertiary/aromatic N) is 3. The Bertz CT molecular complexity index is 468. The molecule has 6 heteroatoms. The number of ether oxygens (including phenoxy) is 1. The monoisotopic (exact) mass is 233 g/mol. The maximum atomic E-state index is 5.60. The zero-order chi connectivity index (χ0) is 12.1. The number of aryl methyl sites for hydroxylation is 1. The van der Waals surface area contributed by atoms with Gasteiger partial charge in [-0.2, -0.15) is 4.98 Å². The summed E-state index contributed by atoms with van der Waals surface area (Å²) < 4.78 is 7.11. The standard InChI is InChI=1S/C11H15N5O/c12-10-14-11(13)16(15-10)7-4-8-17-9-5-2-1-3-6-9/h1-3,5-6H,4,7-8H2,(H4,12,13,14,15). The Morgan fingerprint density at radius 1 is 1.18 bits per heavy atom. The second-order valence-corrected chi connectivity index (χ2v) is 3.57. The Morgan fingerprint density at radius 2 is 1.94 bits per heavy atom. The van der Waals surface area contributed by atoms with Gasteiger partial charge in [0.15, 0.2) is 0 Å². The highest BCUT2D eigenvalue weighted by Gasteiger charge is 2.02. The van der Waals surface area contributed by atoms with E-state index in [9.17, 15) is 0 Å². The van der Waals surface area contributed by atoms with Crippen LogP contribution in [0.1, 0.15) is 6.42 Å². The minimum atomic E-state index is 0.200. The van der Waals surface area contributed by atoms with Crippen LogP contribution in [0.3, 0.4) is 0 Å². The number of nitrogen functional groups attached to an aromatic ring is 2. The van der Waals surface area contributed by atoms with Crippen LogP contribution in [0.25, 0.3) is 0 Å². The van der Waals surface area contributed by atoms with Crippen LogP contribution in [0.15, 0.2) is 30.3 Å². The van der Waals surface area contributed by atoms with Gasteiger partial charge in [0.1, 0.15) is 5.75 Å². The normalized spacial score (nSPS) is 10.4. The summed E-state index contributed by atoms with van der Waals surface area (Å²) in [5.74, 6) is 1.40. The maximum absolute atomic E-state index is 5.60. The fourth-order valence-corrected chi connectivity index (χ4v) is 1.46. The zero-order valence-corrected chi connectivity index (χ0v) is 9.41. The molecule has 17 heavy (non-hydrogen) atoms. The van der Waals surface area contributed by atoms with E-state index in [2.05, 4.69) is 10.1 Å². The number of anilines is 2. The molecular weight excluding hydrogens is 218 g/mol. The number of para-hydroxylation sites is 1. The lowest BCUT2D eigenvalue weighted by atomic mass is 10.3. The molecule has 2 aromatic rings. The van der Waals surface area contributed by atoms with E-state index in [4.69, 9.17) is 16.2 Å². The molecular formula is C11H15N5O. The van der Waals surface area contributed by atoms with Crippen molar-refractivity contribution in [1.29, 1.82) is 0 Å². The first-order valence-electron chi connectivity index (χ1n) is 5.39. The predicted molar refractivity (Wildman–Crippen MR) is 65.4 cm³/mol. The van der Waals surface area contributed by atoms with E-state index < -0.39 is 0 Å². The average Bonchev–Trinajstić information content (AvgIpc) is 2.65. The van der Waals surface area contributed by atoms with Crippen molar-refractivity contribution in [1.82, 2.24) is 14.8 Å². The third-order valence-electron chi connectivity index (χ3n) is 2.24. The molecule has 0 aliphatic heterocycles. The van der Waals surface area contributed by atoms with Crippen molar-refractivity contribution >= 4 is 11.9 Å². The molecule has 1 heterocycles. The number of nitrogens with two attached hydrogens (primary N) is 2. The molecule has 0 fully saturated rings. The summed E-state index contributed by atoms with van der Waals surface area (Å²) in [4.78, 5) is 3.81. The molecule has 0 aliphatic carbocycles. The number of rotatable bonds is 5. The number of aromatic nitrogens is 3. The largest absolute Gasteiger partial charge is 0.494 e. The Labute approximate surface area is 99.2 Å². The predicted octanol–water partition coefficient (Wildman–Crippen LogP) is 0.912. The van der Waals surface area contributed by atoms with E-state index in [0.717, 1.165) is 12.2 Å². The average molecular weight is 233 g/mol. The SMILES string of the molecule is Nc1nc(N)n(CCCOc2ccccc2)n1. The van der Waals surface area contributed by atoms with Gasteiger partial charge < -0.3 is 16.2 Å². The fraction of sp³-hybridized carbons (Fsp3) is 0.273. The first-order valence-corrected chi connectivity index (χ1v) is 5.39. The molecule has 0 saturated carbocycles. The zero-order valence-electron chi connectivity index (χ0n) is 9.41. The van der Waals surface area contributed by atoms with Crippen molar-refractivity contribution in [2.45, 2.75) is 13.0 Å². The van der Waals surface area contributed by atoms with Crippen LogP contribution < -0.4 is 16.2 Å². The minimum Gasteiger partial charge on any atom is -0.494 e. The Morgan fingerprint density at radius 3 is 2.59 bits per heavy atom. The number of benzene rings is 1. The summed E-state index contributed by atoms with van der Waals surface area (Å²) >= 11 is 0. The Kier molecular flexibility index (Phi) is 3.44. The van der Waals surface area contributed by atoms with Crippen LogP contribution in [0.2, 0.25) is 0 Å². The third-order valence-corrected chi connectivity index (χ3v) is 2.24. The lowest BCUT2D eigenvalue weighted by Gasteiger charge is -2.06. The van der Waals surface area contributed by atoms with Crippen LogP contribution in [-0.2, 0) is 6.54 Å². The molecule has 1 aromatic heterocycles. The number of hydrogen-bond donors (Lipinski definition) is 2. The van der Waals surface area contributed by atoms with E-state index in [1.807, 2.05) is 30.3 Å². The lowest BCUT2D eigenvalue weighted by Crippen LogP contribution is -2.08. The van der Waals surface area contributed by atoms with Gasteiger partial charge in [0.05, 0.1) is 6.61 Å². The minimum absolute atomic E-state index is 0.200. The molecule has 0 saturated heterocycles. The van der Waals surface area contributed by atoms with Crippen LogP contribution in [-0.4, -0.2) is 21.4 Å². The second-order valence-electron chi connectivity index (χ2n) is 3.57. The van der Waals surface area contributed by atoms with Gasteiger partial charge in [0, 0.05) is 13.0 Å². The van der Waals surface area contributed by atoms with Crippen LogP contribution in [0.4, 0.5) is 11.9 Å². The molecule has 1 aromatic carbocycles. The summed E-state index contributed by atoms with van der Waals surface area (Å²) in [7, 11) is 0. The topological polar surface area (TPSA) is 92.0 Å². The molecule has 0 spiro atoms. The highest BCUT2D eigenvalue weighted by atomic mass is 16.5. The molecule has 4 N–H and O–H groups in total. The molecule has 0 atom stereocenters. The maximum Gasteiger partial charge on any atom is 0.241 e. The highest BCUT2D eigenvalue weighted by molar-refractivity contribution is 5.26. The molecule has 2 rings (SSSR count). The third kappa shape index (κ3) is 3.10. The number of hydrogen-bond acceptors (Lipinski definition) is 5. The molecule has 0 unspecified atom stereocenters. The van der Waals surface area contributed by atoms with Gasteiger partial charge in [0.25, 0.3) is 0 Å². The van der Waals surface area contributed by atoms with Crippen molar-refractivity contribution < 1.29 is 4.74 Å². The van der Waals surface area contributed by atoms with E-state index in [0.29, 0.717) is 19.1 Å². The van der Waals surface area contributed by atoms with Gasteiger partial charge in [-0.1, -0.05) is 18.2 Å². The Hall–Kier alpha value is -2.24. The lowest BCUT2D eigenvalue weighted by molar-refractivity contribution is 0.299. The molecule has 90 valence electrons. The highest BCUT2D eigenvalue weighted by Crippen LogP contribution is 2.09. The van der Waals surface area contributed by atoms with Gasteiger partial charge in [-0.05, 0) is 12.1 Å². The quantitative estimate of drug-likeness (QED) is 0.749. The van der Waals surface area contributed by atoms with Crippen LogP contribution >= 0.6 is 0 Å².